The second-order valence-corrected chi connectivity index (χ2v) is 9.02. The van der Waals surface area contributed by atoms with E-state index in [4.69, 9.17) is 4.74 Å². The lowest BCUT2D eigenvalue weighted by molar-refractivity contribution is -0.136. The summed E-state index contributed by atoms with van der Waals surface area (Å²) in [7, 11) is 0. The molecule has 8 heteroatoms. The highest BCUT2D eigenvalue weighted by Gasteiger charge is 2.37. The number of thioether (sulfide) groups is 1. The van der Waals surface area contributed by atoms with E-state index in [1.165, 1.54) is 0 Å². The predicted molar refractivity (Wildman–Crippen MR) is 117 cm³/mol. The summed E-state index contributed by atoms with van der Waals surface area (Å²) in [4.78, 5) is 40.7. The molecule has 6 nitrogen and oxygen atoms in total. The van der Waals surface area contributed by atoms with E-state index in [0.717, 1.165) is 34.0 Å². The highest BCUT2D eigenvalue weighted by Crippen LogP contribution is 2.35. The van der Waals surface area contributed by atoms with Gasteiger partial charge in [-0.1, -0.05) is 35.5 Å². The minimum Gasteiger partial charge on any atom is -0.489 e. The first-order chi connectivity index (χ1) is 13.9. The molecule has 1 aromatic carbocycles. The van der Waals surface area contributed by atoms with Crippen molar-refractivity contribution >= 4 is 50.8 Å². The van der Waals surface area contributed by atoms with Crippen LogP contribution in [0.15, 0.2) is 40.2 Å². The summed E-state index contributed by atoms with van der Waals surface area (Å²) in [6.45, 7) is 7.26. The van der Waals surface area contributed by atoms with Crippen molar-refractivity contribution in [1.29, 1.82) is 0 Å². The fourth-order valence-electron chi connectivity index (χ4n) is 3.18. The molecular formula is C21H23BrN2O4S. The van der Waals surface area contributed by atoms with Gasteiger partial charge < -0.3 is 9.64 Å². The maximum absolute atomic E-state index is 12.8. The van der Waals surface area contributed by atoms with E-state index in [2.05, 4.69) is 29.4 Å². The number of carbonyl (C=O) groups excluding carboxylic acids is 3. The van der Waals surface area contributed by atoms with Crippen molar-refractivity contribution < 1.29 is 19.1 Å². The molecule has 2 fully saturated rings. The molecule has 0 aliphatic carbocycles. The lowest BCUT2D eigenvalue weighted by Crippen LogP contribution is -2.45. The van der Waals surface area contributed by atoms with Crippen molar-refractivity contribution in [2.75, 3.05) is 26.2 Å². The van der Waals surface area contributed by atoms with Gasteiger partial charge in [0.05, 0.1) is 4.91 Å². The lowest BCUT2D eigenvalue weighted by Gasteiger charge is -2.31. The number of benzene rings is 1. The molecular weight excluding hydrogens is 456 g/mol. The molecule has 2 aliphatic rings. The summed E-state index contributed by atoms with van der Waals surface area (Å²) >= 11 is 4.25. The Morgan fingerprint density at radius 3 is 2.76 bits per heavy atom. The number of nitrogens with zero attached hydrogens (tertiary/aromatic N) is 2. The van der Waals surface area contributed by atoms with Crippen LogP contribution in [0, 0.1) is 5.92 Å². The SMILES string of the molecule is C=CCOc1ccc(Br)cc1/C=C1/SC(=O)N(CC(=O)N2CCC(C)CC2)C1=O. The van der Waals surface area contributed by atoms with E-state index in [-0.39, 0.29) is 17.4 Å². The summed E-state index contributed by atoms with van der Waals surface area (Å²) < 4.78 is 6.45. The van der Waals surface area contributed by atoms with Crippen molar-refractivity contribution in [2.45, 2.75) is 19.8 Å². The Kier molecular flexibility index (Phi) is 7.18. The van der Waals surface area contributed by atoms with Gasteiger partial charge in [0.1, 0.15) is 18.9 Å². The molecule has 2 aliphatic heterocycles. The number of carbonyl (C=O) groups is 3. The van der Waals surface area contributed by atoms with Crippen LogP contribution < -0.4 is 4.74 Å². The molecule has 0 radical (unpaired) electrons. The molecule has 0 spiro atoms. The summed E-state index contributed by atoms with van der Waals surface area (Å²) in [5.74, 6) is 0.548. The first-order valence-electron chi connectivity index (χ1n) is 9.45. The number of halogens is 1. The van der Waals surface area contributed by atoms with E-state index >= 15 is 0 Å². The van der Waals surface area contributed by atoms with Gasteiger partial charge in [0.15, 0.2) is 0 Å². The van der Waals surface area contributed by atoms with Gasteiger partial charge >= 0.3 is 0 Å². The maximum atomic E-state index is 12.8. The second kappa shape index (κ2) is 9.63. The number of hydrogen-bond acceptors (Lipinski definition) is 5. The average molecular weight is 479 g/mol. The van der Waals surface area contributed by atoms with Crippen molar-refractivity contribution in [1.82, 2.24) is 9.80 Å². The van der Waals surface area contributed by atoms with Crippen LogP contribution in [0.5, 0.6) is 5.75 Å². The van der Waals surface area contributed by atoms with Gasteiger partial charge in [-0.2, -0.15) is 0 Å². The molecule has 3 amide bonds. The number of likely N-dealkylation sites (tertiary alicyclic amines) is 1. The fraction of sp³-hybridized carbons (Fsp3) is 0.381. The maximum Gasteiger partial charge on any atom is 0.294 e. The Balaban J connectivity index is 1.74. The Labute approximate surface area is 183 Å². The third-order valence-electron chi connectivity index (χ3n) is 4.92. The summed E-state index contributed by atoms with van der Waals surface area (Å²) in [6.07, 6.45) is 5.15. The largest absolute Gasteiger partial charge is 0.489 e. The Hall–Kier alpha value is -2.06. The standard InChI is InChI=1S/C21H23BrN2O4S/c1-3-10-28-17-5-4-16(22)11-15(17)12-18-20(26)24(21(27)29-18)13-19(25)23-8-6-14(2)7-9-23/h3-5,11-12,14H,1,6-10,13H2,2H3/b18-12+. The Bertz CT molecular complexity index is 862. The third-order valence-corrected chi connectivity index (χ3v) is 6.32. The van der Waals surface area contributed by atoms with E-state index < -0.39 is 11.1 Å². The second-order valence-electron chi connectivity index (χ2n) is 7.11. The molecule has 0 aromatic heterocycles. The van der Waals surface area contributed by atoms with Gasteiger partial charge in [-0.3, -0.25) is 19.3 Å². The van der Waals surface area contributed by atoms with E-state index in [1.807, 2.05) is 12.1 Å². The first-order valence-corrected chi connectivity index (χ1v) is 11.1. The van der Waals surface area contributed by atoms with Crippen LogP contribution in [-0.4, -0.2) is 53.1 Å². The minimum absolute atomic E-state index is 0.182. The van der Waals surface area contributed by atoms with Crippen LogP contribution in [0.1, 0.15) is 25.3 Å². The third kappa shape index (κ3) is 5.30. The van der Waals surface area contributed by atoms with Crippen LogP contribution in [0.4, 0.5) is 4.79 Å². The molecule has 1 aromatic rings. The quantitative estimate of drug-likeness (QED) is 0.450. The molecule has 3 rings (SSSR count). The molecule has 0 N–H and O–H groups in total. The van der Waals surface area contributed by atoms with Crippen molar-refractivity contribution in [2.24, 2.45) is 5.92 Å². The van der Waals surface area contributed by atoms with Gasteiger partial charge in [0, 0.05) is 23.1 Å². The van der Waals surface area contributed by atoms with Crippen molar-refractivity contribution in [3.63, 3.8) is 0 Å². The van der Waals surface area contributed by atoms with E-state index in [1.54, 1.807) is 23.1 Å². The van der Waals surface area contributed by atoms with Crippen LogP contribution in [0.2, 0.25) is 0 Å². The molecule has 0 unspecified atom stereocenters. The van der Waals surface area contributed by atoms with Crippen LogP contribution in [-0.2, 0) is 9.59 Å². The molecule has 154 valence electrons. The number of rotatable bonds is 6. The average Bonchev–Trinajstić information content (AvgIpc) is 2.95. The van der Waals surface area contributed by atoms with Crippen molar-refractivity contribution in [3.05, 3.63) is 45.8 Å². The smallest absolute Gasteiger partial charge is 0.294 e. The van der Waals surface area contributed by atoms with Gasteiger partial charge in [0.2, 0.25) is 5.91 Å². The lowest BCUT2D eigenvalue weighted by atomic mass is 9.99. The number of imide groups is 1. The normalized spacial score (nSPS) is 19.2. The predicted octanol–water partition coefficient (Wildman–Crippen LogP) is 4.31. The Morgan fingerprint density at radius 2 is 2.07 bits per heavy atom. The van der Waals surface area contributed by atoms with Gasteiger partial charge in [-0.15, -0.1) is 0 Å². The number of hydrogen-bond donors (Lipinski definition) is 0. The van der Waals surface area contributed by atoms with Crippen molar-refractivity contribution in [3.8, 4) is 5.75 Å². The highest BCUT2D eigenvalue weighted by molar-refractivity contribution is 9.10. The zero-order valence-electron chi connectivity index (χ0n) is 16.2. The fourth-order valence-corrected chi connectivity index (χ4v) is 4.39. The van der Waals surface area contributed by atoms with E-state index in [9.17, 15) is 14.4 Å². The number of ether oxygens (including phenoxy) is 1. The molecule has 29 heavy (non-hydrogen) atoms. The zero-order chi connectivity index (χ0) is 21.0. The van der Waals surface area contributed by atoms with Gasteiger partial charge in [0.25, 0.3) is 11.1 Å². The molecule has 2 heterocycles. The van der Waals surface area contributed by atoms with Gasteiger partial charge in [-0.05, 0) is 54.8 Å². The summed E-state index contributed by atoms with van der Waals surface area (Å²) in [6, 6.07) is 5.43. The molecule has 0 atom stereocenters. The van der Waals surface area contributed by atoms with Crippen LogP contribution >= 0.6 is 27.7 Å². The van der Waals surface area contributed by atoms with E-state index in [0.29, 0.717) is 36.9 Å². The minimum atomic E-state index is -0.451. The van der Waals surface area contributed by atoms with Gasteiger partial charge in [-0.25, -0.2) is 0 Å². The van der Waals surface area contributed by atoms with Crippen LogP contribution in [0.25, 0.3) is 6.08 Å². The molecule has 0 bridgehead atoms. The highest BCUT2D eigenvalue weighted by atomic mass is 79.9. The molecule has 0 saturated carbocycles. The monoisotopic (exact) mass is 478 g/mol. The topological polar surface area (TPSA) is 66.9 Å². The first kappa shape index (κ1) is 21.6. The summed E-state index contributed by atoms with van der Waals surface area (Å²) in [5.41, 5.74) is 0.670. The zero-order valence-corrected chi connectivity index (χ0v) is 18.6. The van der Waals surface area contributed by atoms with Crippen LogP contribution in [0.3, 0.4) is 0 Å². The number of piperidine rings is 1. The molecule has 2 saturated heterocycles. The summed E-state index contributed by atoms with van der Waals surface area (Å²) in [5, 5.41) is -0.427. The Morgan fingerprint density at radius 1 is 1.34 bits per heavy atom. The number of amides is 3.